The highest BCUT2D eigenvalue weighted by Gasteiger charge is 2.38. The van der Waals surface area contributed by atoms with E-state index in [1.165, 1.54) is 0 Å². The molecule has 0 heterocycles. The Bertz CT molecular complexity index is 162. The molecule has 0 aliphatic heterocycles. The molecule has 0 amide bonds. The Hall–Kier alpha value is -0.390. The van der Waals surface area contributed by atoms with E-state index in [1.54, 1.807) is 0 Å². The molecular weight excluding hydrogens is 197 g/mol. The van der Waals surface area contributed by atoms with E-state index in [4.69, 9.17) is 0 Å². The van der Waals surface area contributed by atoms with E-state index in [1.807, 2.05) is 0 Å². The van der Waals surface area contributed by atoms with Crippen LogP contribution in [0.2, 0.25) is 0 Å². The molecular formula is C4HClF6. The highest BCUT2D eigenvalue weighted by Crippen LogP contribution is 2.31. The molecule has 0 nitrogen and oxygen atoms in total. The molecule has 0 N–H and O–H groups in total. The van der Waals surface area contributed by atoms with Crippen LogP contribution in [0.5, 0.6) is 0 Å². The fourth-order valence-electron chi connectivity index (χ4n) is 0.226. The van der Waals surface area contributed by atoms with Gasteiger partial charge in [0.1, 0.15) is 0 Å². The van der Waals surface area contributed by atoms with Crippen molar-refractivity contribution in [3.63, 3.8) is 0 Å². The van der Waals surface area contributed by atoms with Crippen molar-refractivity contribution >= 4 is 11.6 Å². The lowest BCUT2D eigenvalue weighted by molar-refractivity contribution is -0.110. The first-order valence-corrected chi connectivity index (χ1v) is 2.53. The molecule has 11 heavy (non-hydrogen) atoms. The molecule has 0 aromatic heterocycles. The van der Waals surface area contributed by atoms with E-state index in [9.17, 15) is 26.3 Å². The maximum atomic E-state index is 11.6. The zero-order valence-electron chi connectivity index (χ0n) is 4.72. The van der Waals surface area contributed by atoms with Gasteiger partial charge >= 0.3 is 11.6 Å². The van der Waals surface area contributed by atoms with Gasteiger partial charge in [0.2, 0.25) is 5.83 Å². The van der Waals surface area contributed by atoms with Crippen LogP contribution in [0.15, 0.2) is 11.9 Å². The summed E-state index contributed by atoms with van der Waals surface area (Å²) in [5.74, 6) is -2.91. The van der Waals surface area contributed by atoms with Gasteiger partial charge in [-0.1, -0.05) is 0 Å². The maximum absolute atomic E-state index is 11.6. The predicted molar refractivity (Wildman–Crippen MR) is 26.0 cm³/mol. The van der Waals surface area contributed by atoms with Crippen LogP contribution in [-0.4, -0.2) is 11.6 Å². The summed E-state index contributed by atoms with van der Waals surface area (Å²) in [6, 6.07) is 0. The molecule has 0 aliphatic carbocycles. The third-order valence-corrected chi connectivity index (χ3v) is 0.670. The first-order valence-electron chi connectivity index (χ1n) is 2.15. The van der Waals surface area contributed by atoms with Crippen molar-refractivity contribution in [2.75, 3.05) is 0 Å². The Kier molecular flexibility index (Phi) is 2.82. The van der Waals surface area contributed by atoms with Crippen LogP contribution in [0.3, 0.4) is 0 Å². The smallest absolute Gasteiger partial charge is 0.202 e. The average Bonchev–Trinajstić information content (AvgIpc) is 1.56. The Morgan fingerprint density at radius 3 is 1.55 bits per heavy atom. The fourth-order valence-corrected chi connectivity index (χ4v) is 0.321. The van der Waals surface area contributed by atoms with Crippen LogP contribution in [0.4, 0.5) is 26.3 Å². The monoisotopic (exact) mass is 198 g/mol. The highest BCUT2D eigenvalue weighted by atomic mass is 35.5. The van der Waals surface area contributed by atoms with Crippen molar-refractivity contribution in [1.29, 1.82) is 0 Å². The second kappa shape index (κ2) is 2.92. The molecule has 7 heteroatoms. The summed E-state index contributed by atoms with van der Waals surface area (Å²) in [5, 5.41) is -4.31. The fraction of sp³-hybridized carbons (Fsp3) is 0.500. The molecule has 0 fully saturated rings. The molecule has 0 aromatic carbocycles. The van der Waals surface area contributed by atoms with Gasteiger partial charge in [-0.25, -0.2) is 4.39 Å². The van der Waals surface area contributed by atoms with Crippen molar-refractivity contribution < 1.29 is 26.3 Å². The Morgan fingerprint density at radius 2 is 1.45 bits per heavy atom. The van der Waals surface area contributed by atoms with E-state index < -0.39 is 23.5 Å². The molecule has 0 aliphatic rings. The van der Waals surface area contributed by atoms with E-state index in [0.717, 1.165) is 0 Å². The van der Waals surface area contributed by atoms with Crippen LogP contribution in [0, 0.1) is 0 Å². The minimum Gasteiger partial charge on any atom is -0.202 e. The largest absolute Gasteiger partial charge is 0.442 e. The van der Waals surface area contributed by atoms with E-state index in [0.29, 0.717) is 0 Å². The third-order valence-electron chi connectivity index (χ3n) is 0.561. The number of allylic oxidation sites excluding steroid dienone is 2. The molecule has 66 valence electrons. The molecule has 0 aromatic rings. The Morgan fingerprint density at radius 1 is 1.09 bits per heavy atom. The van der Waals surface area contributed by atoms with Gasteiger partial charge in [0.15, 0.2) is 0 Å². The second-order valence-corrected chi connectivity index (χ2v) is 2.04. The number of hydrogen-bond donors (Lipinski definition) is 0. The summed E-state index contributed by atoms with van der Waals surface area (Å²) >= 11 is 3.98. The van der Waals surface area contributed by atoms with Gasteiger partial charge in [0.25, 0.3) is 0 Å². The van der Waals surface area contributed by atoms with Crippen molar-refractivity contribution in [2.24, 2.45) is 0 Å². The van der Waals surface area contributed by atoms with Gasteiger partial charge in [-0.05, 0) is 11.6 Å². The molecule has 0 saturated carbocycles. The van der Waals surface area contributed by atoms with Crippen LogP contribution in [-0.2, 0) is 0 Å². The molecule has 0 radical (unpaired) electrons. The van der Waals surface area contributed by atoms with Crippen LogP contribution in [0.25, 0.3) is 0 Å². The molecule has 0 bridgehead atoms. The van der Waals surface area contributed by atoms with Crippen molar-refractivity contribution in [3.05, 3.63) is 11.9 Å². The summed E-state index contributed by atoms with van der Waals surface area (Å²) < 4.78 is 67.9. The zero-order chi connectivity index (χ0) is 9.28. The second-order valence-electron chi connectivity index (χ2n) is 1.53. The van der Waals surface area contributed by atoms with E-state index in [-0.39, 0.29) is 0 Å². The zero-order valence-corrected chi connectivity index (χ0v) is 5.48. The Labute approximate surface area is 62.4 Å². The van der Waals surface area contributed by atoms with Gasteiger partial charge in [0.05, 0.1) is 0 Å². The first kappa shape index (κ1) is 10.6. The summed E-state index contributed by atoms with van der Waals surface area (Å²) in [5.41, 5.74) is 0. The number of alkyl halides is 6. The van der Waals surface area contributed by atoms with Gasteiger partial charge in [-0.3, -0.25) is 0 Å². The van der Waals surface area contributed by atoms with E-state index in [2.05, 4.69) is 11.6 Å². The number of rotatable bonds is 1. The lowest BCUT2D eigenvalue weighted by atomic mass is 10.4. The number of hydrogen-bond acceptors (Lipinski definition) is 0. The van der Waals surface area contributed by atoms with Crippen LogP contribution in [0.1, 0.15) is 0 Å². The quantitative estimate of drug-likeness (QED) is 0.448. The average molecular weight is 198 g/mol. The SMILES string of the molecule is FC(=CC(F)(F)Cl)C(F)(F)F. The minimum absolute atomic E-state index is 1.01. The standard InChI is InChI=1S/C4HClF6/c5-3(7,8)1-2(6)4(9,10)11/h1H. The number of halogens is 7. The van der Waals surface area contributed by atoms with Gasteiger partial charge < -0.3 is 0 Å². The highest BCUT2D eigenvalue weighted by molar-refractivity contribution is 6.22. The van der Waals surface area contributed by atoms with Gasteiger partial charge in [0, 0.05) is 6.08 Å². The van der Waals surface area contributed by atoms with Crippen molar-refractivity contribution in [3.8, 4) is 0 Å². The molecule has 0 unspecified atom stereocenters. The minimum atomic E-state index is -5.40. The van der Waals surface area contributed by atoms with Crippen LogP contribution < -0.4 is 0 Å². The summed E-state index contributed by atoms with van der Waals surface area (Å²) in [6.07, 6.45) is -6.41. The van der Waals surface area contributed by atoms with Gasteiger partial charge in [-0.15, -0.1) is 0 Å². The van der Waals surface area contributed by atoms with Crippen molar-refractivity contribution in [1.82, 2.24) is 0 Å². The van der Waals surface area contributed by atoms with Crippen LogP contribution >= 0.6 is 11.6 Å². The topological polar surface area (TPSA) is 0 Å². The lowest BCUT2D eigenvalue weighted by Gasteiger charge is -2.04. The summed E-state index contributed by atoms with van der Waals surface area (Å²) in [7, 11) is 0. The Balaban J connectivity index is 4.49. The van der Waals surface area contributed by atoms with Crippen molar-refractivity contribution in [2.45, 2.75) is 11.6 Å². The summed E-state index contributed by atoms with van der Waals surface area (Å²) in [4.78, 5) is 0. The molecule has 0 saturated heterocycles. The normalized spacial score (nSPS) is 15.4. The lowest BCUT2D eigenvalue weighted by Crippen LogP contribution is -2.12. The summed E-state index contributed by atoms with van der Waals surface area (Å²) in [6.45, 7) is 0. The first-order chi connectivity index (χ1) is 4.63. The van der Waals surface area contributed by atoms with E-state index >= 15 is 0 Å². The third kappa shape index (κ3) is 4.94. The molecule has 0 rings (SSSR count). The molecule has 0 spiro atoms. The van der Waals surface area contributed by atoms with Gasteiger partial charge in [-0.2, -0.15) is 22.0 Å². The maximum Gasteiger partial charge on any atom is 0.442 e. The molecule has 0 atom stereocenters. The predicted octanol–water partition coefficient (Wildman–Crippen LogP) is 3.23.